The van der Waals surface area contributed by atoms with Crippen LogP contribution in [0.2, 0.25) is 0 Å². The molecule has 0 aromatic heterocycles. The SMILES string of the molecule is Cc1cccc(C)c1NCC(O)COc1ccc(F)cc1. The Morgan fingerprint density at radius 3 is 2.33 bits per heavy atom. The van der Waals surface area contributed by atoms with E-state index in [4.69, 9.17) is 4.74 Å². The summed E-state index contributed by atoms with van der Waals surface area (Å²) < 4.78 is 18.2. The van der Waals surface area contributed by atoms with E-state index in [0.29, 0.717) is 12.3 Å². The monoisotopic (exact) mass is 289 g/mol. The Kier molecular flexibility index (Phi) is 5.17. The number of rotatable bonds is 6. The lowest BCUT2D eigenvalue weighted by Crippen LogP contribution is -2.26. The van der Waals surface area contributed by atoms with Gasteiger partial charge in [-0.05, 0) is 49.2 Å². The highest BCUT2D eigenvalue weighted by Crippen LogP contribution is 2.19. The lowest BCUT2D eigenvalue weighted by Gasteiger charge is -2.16. The summed E-state index contributed by atoms with van der Waals surface area (Å²) in [5.74, 6) is 0.238. The fraction of sp³-hybridized carbons (Fsp3) is 0.294. The smallest absolute Gasteiger partial charge is 0.123 e. The first kappa shape index (κ1) is 15.3. The Bertz CT molecular complexity index is 564. The molecule has 3 nitrogen and oxygen atoms in total. The molecule has 0 aliphatic rings. The van der Waals surface area contributed by atoms with E-state index in [-0.39, 0.29) is 12.4 Å². The summed E-state index contributed by atoms with van der Waals surface area (Å²) in [6.45, 7) is 4.60. The Labute approximate surface area is 124 Å². The number of halogens is 1. The van der Waals surface area contributed by atoms with Gasteiger partial charge in [0.25, 0.3) is 0 Å². The van der Waals surface area contributed by atoms with Gasteiger partial charge in [-0.3, -0.25) is 0 Å². The largest absolute Gasteiger partial charge is 0.491 e. The normalized spacial score (nSPS) is 12.0. The van der Waals surface area contributed by atoms with Crippen molar-refractivity contribution in [3.63, 3.8) is 0 Å². The number of benzene rings is 2. The summed E-state index contributed by atoms with van der Waals surface area (Å²) in [5, 5.41) is 13.2. The molecule has 0 radical (unpaired) electrons. The highest BCUT2D eigenvalue weighted by molar-refractivity contribution is 5.56. The third-order valence-electron chi connectivity index (χ3n) is 3.25. The highest BCUT2D eigenvalue weighted by atomic mass is 19.1. The second kappa shape index (κ2) is 7.09. The zero-order valence-electron chi connectivity index (χ0n) is 12.3. The molecule has 0 saturated heterocycles. The minimum absolute atomic E-state index is 0.156. The summed E-state index contributed by atoms with van der Waals surface area (Å²) in [4.78, 5) is 0. The Morgan fingerprint density at radius 2 is 1.71 bits per heavy atom. The van der Waals surface area contributed by atoms with Crippen LogP contribution in [-0.2, 0) is 0 Å². The van der Waals surface area contributed by atoms with E-state index in [1.165, 1.54) is 12.1 Å². The molecule has 2 aromatic carbocycles. The first-order valence-corrected chi connectivity index (χ1v) is 6.93. The second-order valence-corrected chi connectivity index (χ2v) is 5.07. The molecule has 2 rings (SSSR count). The van der Waals surface area contributed by atoms with Crippen molar-refractivity contribution in [2.75, 3.05) is 18.5 Å². The number of aryl methyl sites for hydroxylation is 2. The fourth-order valence-electron chi connectivity index (χ4n) is 2.10. The Hall–Kier alpha value is -2.07. The van der Waals surface area contributed by atoms with Crippen LogP contribution in [0.15, 0.2) is 42.5 Å². The Balaban J connectivity index is 1.82. The number of hydrogen-bond acceptors (Lipinski definition) is 3. The van der Waals surface area contributed by atoms with Gasteiger partial charge in [-0.15, -0.1) is 0 Å². The maximum absolute atomic E-state index is 12.8. The molecular formula is C17H20FNO2. The predicted molar refractivity (Wildman–Crippen MR) is 82.3 cm³/mol. The van der Waals surface area contributed by atoms with Gasteiger partial charge in [-0.25, -0.2) is 4.39 Å². The molecule has 0 aliphatic heterocycles. The van der Waals surface area contributed by atoms with E-state index >= 15 is 0 Å². The quantitative estimate of drug-likeness (QED) is 0.857. The molecule has 1 unspecified atom stereocenters. The van der Waals surface area contributed by atoms with Crippen molar-refractivity contribution in [2.24, 2.45) is 0 Å². The van der Waals surface area contributed by atoms with Crippen LogP contribution in [0, 0.1) is 19.7 Å². The minimum Gasteiger partial charge on any atom is -0.491 e. The summed E-state index contributed by atoms with van der Waals surface area (Å²) >= 11 is 0. The van der Waals surface area contributed by atoms with Gasteiger partial charge in [0.05, 0.1) is 0 Å². The van der Waals surface area contributed by atoms with Crippen molar-refractivity contribution in [1.29, 1.82) is 0 Å². The van der Waals surface area contributed by atoms with Crippen LogP contribution >= 0.6 is 0 Å². The first-order chi connectivity index (χ1) is 10.1. The van der Waals surface area contributed by atoms with Crippen molar-refractivity contribution in [3.8, 4) is 5.75 Å². The van der Waals surface area contributed by atoms with E-state index in [1.54, 1.807) is 12.1 Å². The summed E-state index contributed by atoms with van der Waals surface area (Å²) in [5.41, 5.74) is 3.32. The first-order valence-electron chi connectivity index (χ1n) is 6.93. The van der Waals surface area contributed by atoms with Crippen LogP contribution in [0.1, 0.15) is 11.1 Å². The summed E-state index contributed by atoms with van der Waals surface area (Å²) in [6.07, 6.45) is -0.644. The molecule has 0 amide bonds. The van der Waals surface area contributed by atoms with Gasteiger partial charge in [0, 0.05) is 12.2 Å². The topological polar surface area (TPSA) is 41.5 Å². The number of ether oxygens (including phenoxy) is 1. The molecule has 0 saturated carbocycles. The van der Waals surface area contributed by atoms with Gasteiger partial charge < -0.3 is 15.2 Å². The number of para-hydroxylation sites is 1. The molecule has 0 fully saturated rings. The number of anilines is 1. The Morgan fingerprint density at radius 1 is 1.10 bits per heavy atom. The van der Waals surface area contributed by atoms with Crippen molar-refractivity contribution in [2.45, 2.75) is 20.0 Å². The third-order valence-corrected chi connectivity index (χ3v) is 3.25. The van der Waals surface area contributed by atoms with Crippen molar-refractivity contribution < 1.29 is 14.2 Å². The number of aliphatic hydroxyl groups excluding tert-OH is 1. The van der Waals surface area contributed by atoms with E-state index in [9.17, 15) is 9.50 Å². The van der Waals surface area contributed by atoms with Crippen LogP contribution in [0.3, 0.4) is 0 Å². The molecule has 0 spiro atoms. The fourth-order valence-corrected chi connectivity index (χ4v) is 2.10. The zero-order chi connectivity index (χ0) is 15.2. The van der Waals surface area contributed by atoms with Crippen molar-refractivity contribution in [1.82, 2.24) is 0 Å². The molecule has 2 N–H and O–H groups in total. The van der Waals surface area contributed by atoms with Crippen LogP contribution in [-0.4, -0.2) is 24.4 Å². The van der Waals surface area contributed by atoms with Crippen molar-refractivity contribution >= 4 is 5.69 Å². The number of nitrogens with one attached hydrogen (secondary N) is 1. The predicted octanol–water partition coefficient (Wildman–Crippen LogP) is 3.29. The standard InChI is InChI=1S/C17H20FNO2/c1-12-4-3-5-13(2)17(12)19-10-15(20)11-21-16-8-6-14(18)7-9-16/h3-9,15,19-20H,10-11H2,1-2H3. The van der Waals surface area contributed by atoms with E-state index in [0.717, 1.165) is 16.8 Å². The summed E-state index contributed by atoms with van der Waals surface area (Å²) in [6, 6.07) is 11.8. The van der Waals surface area contributed by atoms with Crippen LogP contribution in [0.25, 0.3) is 0 Å². The maximum Gasteiger partial charge on any atom is 0.123 e. The van der Waals surface area contributed by atoms with E-state index < -0.39 is 6.10 Å². The van der Waals surface area contributed by atoms with Gasteiger partial charge in [0.2, 0.25) is 0 Å². The third kappa shape index (κ3) is 4.46. The molecule has 2 aromatic rings. The molecule has 4 heteroatoms. The minimum atomic E-state index is -0.644. The summed E-state index contributed by atoms with van der Waals surface area (Å²) in [7, 11) is 0. The molecule has 0 heterocycles. The average molecular weight is 289 g/mol. The number of hydrogen-bond donors (Lipinski definition) is 2. The van der Waals surface area contributed by atoms with E-state index in [1.807, 2.05) is 32.0 Å². The average Bonchev–Trinajstić information content (AvgIpc) is 2.46. The van der Waals surface area contributed by atoms with Crippen molar-refractivity contribution in [3.05, 3.63) is 59.4 Å². The highest BCUT2D eigenvalue weighted by Gasteiger charge is 2.08. The molecule has 21 heavy (non-hydrogen) atoms. The van der Waals surface area contributed by atoms with Gasteiger partial charge >= 0.3 is 0 Å². The van der Waals surface area contributed by atoms with Gasteiger partial charge in [0.15, 0.2) is 0 Å². The molecule has 0 bridgehead atoms. The van der Waals surface area contributed by atoms with Crippen LogP contribution in [0.4, 0.5) is 10.1 Å². The van der Waals surface area contributed by atoms with E-state index in [2.05, 4.69) is 5.32 Å². The molecule has 0 aliphatic carbocycles. The number of aliphatic hydroxyl groups is 1. The van der Waals surface area contributed by atoms with Crippen LogP contribution < -0.4 is 10.1 Å². The maximum atomic E-state index is 12.8. The lowest BCUT2D eigenvalue weighted by atomic mass is 10.1. The van der Waals surface area contributed by atoms with Gasteiger partial charge in [0.1, 0.15) is 24.3 Å². The second-order valence-electron chi connectivity index (χ2n) is 5.07. The van der Waals surface area contributed by atoms with Gasteiger partial charge in [-0.2, -0.15) is 0 Å². The molecule has 1 atom stereocenters. The molecule has 112 valence electrons. The lowest BCUT2D eigenvalue weighted by molar-refractivity contribution is 0.117. The van der Waals surface area contributed by atoms with Gasteiger partial charge in [-0.1, -0.05) is 18.2 Å². The zero-order valence-corrected chi connectivity index (χ0v) is 12.3. The molecular weight excluding hydrogens is 269 g/mol. The van der Waals surface area contributed by atoms with Crippen LogP contribution in [0.5, 0.6) is 5.75 Å².